The molecule has 43 heavy (non-hydrogen) atoms. The Morgan fingerprint density at radius 2 is 1.77 bits per heavy atom. The standard InChI is InChI=1S/C33H53FN4O4S/c1-24(2)13-18-37(22-26-21-33(16-17-35-26)14-9-7-5-3-4-6-8-10-15-33)27-12-11-25-19-29(39)32(31(34)28(25)20-27)38-23-30(40)36-43(38,41)42/h19,24,26-27,35,39H,3-18,20-23H2,1-2H3,(H,36,40). The predicted octanol–water partition coefficient (Wildman–Crippen LogP) is 5.57. The number of hydrogen-bond acceptors (Lipinski definition) is 6. The molecule has 2 aliphatic heterocycles. The summed E-state index contributed by atoms with van der Waals surface area (Å²) in [6.07, 6.45) is 19.0. The second kappa shape index (κ2) is 14.0. The molecule has 1 amide bonds. The molecule has 5 rings (SSSR count). The molecule has 3 fully saturated rings. The van der Waals surface area contributed by atoms with E-state index in [0.717, 1.165) is 38.0 Å². The monoisotopic (exact) mass is 620 g/mol. The SMILES string of the molecule is CC(C)CCN(CC1CC2(CCCCCCCCCC2)CCN1)C1CCc2cc(O)c(N3CC(=O)NS3(=O)=O)c(F)c2C1. The molecule has 2 unspecified atom stereocenters. The van der Waals surface area contributed by atoms with E-state index < -0.39 is 39.9 Å². The van der Waals surface area contributed by atoms with E-state index >= 15 is 4.39 Å². The number of halogens is 1. The number of aromatic hydroxyl groups is 1. The molecule has 1 spiro atoms. The van der Waals surface area contributed by atoms with Gasteiger partial charge in [-0.2, -0.15) is 8.42 Å². The number of anilines is 1. The van der Waals surface area contributed by atoms with Crippen molar-refractivity contribution in [2.45, 2.75) is 129 Å². The molecular formula is C33H53FN4O4S. The van der Waals surface area contributed by atoms with E-state index in [2.05, 4.69) is 24.1 Å². The number of amides is 1. The lowest BCUT2D eigenvalue weighted by molar-refractivity contribution is -0.117. The van der Waals surface area contributed by atoms with Crippen LogP contribution in [0.1, 0.15) is 115 Å². The van der Waals surface area contributed by atoms with Crippen LogP contribution in [0.5, 0.6) is 5.75 Å². The summed E-state index contributed by atoms with van der Waals surface area (Å²) < 4.78 is 43.7. The number of aryl methyl sites for hydroxylation is 1. The number of hydrogen-bond donors (Lipinski definition) is 3. The molecule has 0 bridgehead atoms. The zero-order chi connectivity index (χ0) is 30.6. The van der Waals surface area contributed by atoms with Gasteiger partial charge in [0.05, 0.1) is 0 Å². The van der Waals surface area contributed by atoms with Gasteiger partial charge in [-0.05, 0) is 93.0 Å². The van der Waals surface area contributed by atoms with Crippen molar-refractivity contribution in [1.29, 1.82) is 0 Å². The number of phenolic OH excluding ortho intramolecular Hbond substituents is 1. The number of fused-ring (bicyclic) bond motifs is 1. The molecule has 1 aromatic carbocycles. The van der Waals surface area contributed by atoms with Gasteiger partial charge in [0.1, 0.15) is 18.0 Å². The van der Waals surface area contributed by atoms with Gasteiger partial charge in [-0.15, -0.1) is 0 Å². The van der Waals surface area contributed by atoms with Gasteiger partial charge >= 0.3 is 10.2 Å². The number of nitrogens with zero attached hydrogens (tertiary/aromatic N) is 2. The van der Waals surface area contributed by atoms with Gasteiger partial charge in [-0.3, -0.25) is 9.69 Å². The smallest absolute Gasteiger partial charge is 0.326 e. The highest BCUT2D eigenvalue weighted by molar-refractivity contribution is 7.92. The molecule has 2 aliphatic carbocycles. The average molecular weight is 621 g/mol. The van der Waals surface area contributed by atoms with Gasteiger partial charge in [0.2, 0.25) is 0 Å². The van der Waals surface area contributed by atoms with Crippen LogP contribution in [-0.2, 0) is 27.8 Å². The Hall–Kier alpha value is -1.91. The Labute approximate surface area is 258 Å². The molecule has 1 saturated carbocycles. The predicted molar refractivity (Wildman–Crippen MR) is 169 cm³/mol. The van der Waals surface area contributed by atoms with E-state index in [0.29, 0.717) is 40.1 Å². The zero-order valence-corrected chi connectivity index (χ0v) is 27.1. The quantitative estimate of drug-likeness (QED) is 0.369. The van der Waals surface area contributed by atoms with Crippen molar-refractivity contribution >= 4 is 21.8 Å². The van der Waals surface area contributed by atoms with Crippen LogP contribution in [0.3, 0.4) is 0 Å². The van der Waals surface area contributed by atoms with Crippen molar-refractivity contribution in [3.8, 4) is 5.75 Å². The molecule has 2 heterocycles. The molecule has 3 N–H and O–H groups in total. The second-order valence-corrected chi connectivity index (χ2v) is 15.8. The van der Waals surface area contributed by atoms with Crippen molar-refractivity contribution < 1.29 is 22.7 Å². The lowest BCUT2D eigenvalue weighted by Gasteiger charge is -2.45. The number of rotatable bonds is 7. The first-order valence-electron chi connectivity index (χ1n) is 16.9. The maximum Gasteiger partial charge on any atom is 0.326 e. The Morgan fingerprint density at radius 3 is 2.40 bits per heavy atom. The highest BCUT2D eigenvalue weighted by atomic mass is 32.2. The molecule has 8 nitrogen and oxygen atoms in total. The molecule has 4 aliphatic rings. The minimum Gasteiger partial charge on any atom is -0.506 e. The van der Waals surface area contributed by atoms with Crippen LogP contribution in [-0.4, -0.2) is 62.6 Å². The largest absolute Gasteiger partial charge is 0.506 e. The van der Waals surface area contributed by atoms with E-state index in [1.54, 1.807) is 0 Å². The lowest BCUT2D eigenvalue weighted by atomic mass is 9.69. The zero-order valence-electron chi connectivity index (χ0n) is 26.3. The van der Waals surface area contributed by atoms with Gasteiger partial charge in [-0.1, -0.05) is 65.2 Å². The number of carbonyl (C=O) groups excluding carboxylic acids is 1. The maximum atomic E-state index is 16.1. The summed E-state index contributed by atoms with van der Waals surface area (Å²) in [7, 11) is -4.24. The van der Waals surface area contributed by atoms with E-state index in [-0.39, 0.29) is 6.04 Å². The van der Waals surface area contributed by atoms with Gasteiger partial charge in [0.15, 0.2) is 5.82 Å². The Balaban J connectivity index is 1.34. The van der Waals surface area contributed by atoms with Crippen molar-refractivity contribution in [2.24, 2.45) is 11.3 Å². The number of piperidine rings is 1. The second-order valence-electron chi connectivity index (χ2n) is 14.2. The minimum atomic E-state index is -4.24. The van der Waals surface area contributed by atoms with Crippen LogP contribution in [0.4, 0.5) is 10.1 Å². The summed E-state index contributed by atoms with van der Waals surface area (Å²) in [5, 5.41) is 14.5. The maximum absolute atomic E-state index is 16.1. The molecule has 2 saturated heterocycles. The van der Waals surface area contributed by atoms with Crippen LogP contribution in [0, 0.1) is 17.2 Å². The average Bonchev–Trinajstić information content (AvgIpc) is 3.20. The minimum absolute atomic E-state index is 0.125. The summed E-state index contributed by atoms with van der Waals surface area (Å²) in [5.74, 6) is -1.35. The molecule has 1 aromatic rings. The van der Waals surface area contributed by atoms with E-state index in [1.165, 1.54) is 83.1 Å². The first-order valence-corrected chi connectivity index (χ1v) is 18.3. The van der Waals surface area contributed by atoms with Crippen LogP contribution in [0.2, 0.25) is 0 Å². The summed E-state index contributed by atoms with van der Waals surface area (Å²) >= 11 is 0. The molecule has 0 radical (unpaired) electrons. The molecule has 10 heteroatoms. The Kier molecular flexibility index (Phi) is 10.6. The normalized spacial score (nSPS) is 26.3. The molecule has 242 valence electrons. The topological polar surface area (TPSA) is 102 Å². The third kappa shape index (κ3) is 7.85. The Morgan fingerprint density at radius 1 is 1.09 bits per heavy atom. The lowest BCUT2D eigenvalue weighted by Crippen LogP contribution is -2.52. The van der Waals surface area contributed by atoms with E-state index in [1.807, 2.05) is 4.72 Å². The molecule has 2 atom stereocenters. The van der Waals surface area contributed by atoms with E-state index in [9.17, 15) is 18.3 Å². The Bertz CT molecular complexity index is 1230. The number of phenols is 1. The van der Waals surface area contributed by atoms with Crippen LogP contribution < -0.4 is 14.3 Å². The molecular weight excluding hydrogens is 567 g/mol. The van der Waals surface area contributed by atoms with Crippen molar-refractivity contribution in [3.05, 3.63) is 23.0 Å². The third-order valence-electron chi connectivity index (χ3n) is 10.6. The summed E-state index contributed by atoms with van der Waals surface area (Å²) in [6, 6.07) is 2.02. The van der Waals surface area contributed by atoms with Gasteiger partial charge in [0, 0.05) is 18.6 Å². The first-order chi connectivity index (χ1) is 20.6. The van der Waals surface area contributed by atoms with Crippen LogP contribution in [0.15, 0.2) is 6.07 Å². The fraction of sp³-hybridized carbons (Fsp3) is 0.788. The van der Waals surface area contributed by atoms with Crippen molar-refractivity contribution in [1.82, 2.24) is 14.9 Å². The third-order valence-corrected chi connectivity index (χ3v) is 11.9. The highest BCUT2D eigenvalue weighted by Gasteiger charge is 2.40. The van der Waals surface area contributed by atoms with Crippen LogP contribution >= 0.6 is 0 Å². The highest BCUT2D eigenvalue weighted by Crippen LogP contribution is 2.43. The van der Waals surface area contributed by atoms with E-state index in [4.69, 9.17) is 0 Å². The fourth-order valence-corrected chi connectivity index (χ4v) is 9.32. The summed E-state index contributed by atoms with van der Waals surface area (Å²) in [4.78, 5) is 14.4. The van der Waals surface area contributed by atoms with Gasteiger partial charge in [-0.25, -0.2) is 13.4 Å². The fourth-order valence-electron chi connectivity index (χ4n) is 8.15. The van der Waals surface area contributed by atoms with Crippen molar-refractivity contribution in [3.63, 3.8) is 0 Å². The number of carbonyl (C=O) groups is 1. The van der Waals surface area contributed by atoms with Crippen molar-refractivity contribution in [2.75, 3.05) is 30.5 Å². The molecule has 0 aromatic heterocycles. The van der Waals surface area contributed by atoms with Gasteiger partial charge < -0.3 is 10.4 Å². The number of nitrogens with one attached hydrogen (secondary N) is 2. The summed E-state index contributed by atoms with van der Waals surface area (Å²) in [6.45, 7) is 6.88. The van der Waals surface area contributed by atoms with Gasteiger partial charge in [0.25, 0.3) is 5.91 Å². The van der Waals surface area contributed by atoms with Crippen LogP contribution in [0.25, 0.3) is 0 Å². The first kappa shape index (κ1) is 32.5. The number of benzene rings is 1. The summed E-state index contributed by atoms with van der Waals surface area (Å²) in [5.41, 5.74) is 1.19.